The summed E-state index contributed by atoms with van der Waals surface area (Å²) in [5.41, 5.74) is 0. The van der Waals surface area contributed by atoms with Crippen molar-refractivity contribution in [1.29, 1.82) is 0 Å². The number of carbonyl (C=O) groups is 2. The number of carbonyl (C=O) groups excluding carboxylic acids is 1. The molecule has 2 aliphatic heterocycles. The Bertz CT molecular complexity index is 438. The second-order valence-corrected chi connectivity index (χ2v) is 6.85. The predicted octanol–water partition coefficient (Wildman–Crippen LogP) is 1.27. The van der Waals surface area contributed by atoms with Crippen molar-refractivity contribution in [3.8, 4) is 0 Å². The van der Waals surface area contributed by atoms with E-state index in [2.05, 4.69) is 10.6 Å². The smallest absolute Gasteiger partial charge is 0.315 e. The first-order valence-corrected chi connectivity index (χ1v) is 8.65. The van der Waals surface area contributed by atoms with Crippen LogP contribution in [-0.4, -0.2) is 54.6 Å². The molecule has 23 heavy (non-hydrogen) atoms. The lowest BCUT2D eigenvalue weighted by Crippen LogP contribution is -2.50. The number of ether oxygens (including phenoxy) is 2. The maximum Gasteiger partial charge on any atom is 0.315 e. The Kier molecular flexibility index (Phi) is 5.38. The van der Waals surface area contributed by atoms with Crippen molar-refractivity contribution in [3.63, 3.8) is 0 Å². The van der Waals surface area contributed by atoms with E-state index in [4.69, 9.17) is 14.6 Å². The van der Waals surface area contributed by atoms with Gasteiger partial charge in [-0.1, -0.05) is 19.3 Å². The van der Waals surface area contributed by atoms with E-state index < -0.39 is 5.97 Å². The summed E-state index contributed by atoms with van der Waals surface area (Å²) in [5, 5.41) is 14.8. The zero-order valence-corrected chi connectivity index (χ0v) is 13.3. The highest BCUT2D eigenvalue weighted by molar-refractivity contribution is 5.74. The lowest BCUT2D eigenvalue weighted by atomic mass is 9.95. The summed E-state index contributed by atoms with van der Waals surface area (Å²) in [6.45, 7) is 0.933. The number of carboxylic acids is 1. The van der Waals surface area contributed by atoms with Crippen LogP contribution >= 0.6 is 0 Å². The topological polar surface area (TPSA) is 96.9 Å². The maximum atomic E-state index is 12.1. The molecule has 0 aromatic heterocycles. The number of amides is 2. The van der Waals surface area contributed by atoms with Gasteiger partial charge in [-0.15, -0.1) is 0 Å². The highest BCUT2D eigenvalue weighted by Crippen LogP contribution is 2.33. The molecule has 2 saturated heterocycles. The number of urea groups is 1. The first-order chi connectivity index (χ1) is 11.1. The second-order valence-electron chi connectivity index (χ2n) is 6.85. The van der Waals surface area contributed by atoms with E-state index in [-0.39, 0.29) is 42.7 Å². The van der Waals surface area contributed by atoms with E-state index in [1.807, 2.05) is 0 Å². The molecule has 7 heteroatoms. The lowest BCUT2D eigenvalue weighted by Gasteiger charge is -2.24. The molecule has 2 amide bonds. The monoisotopic (exact) mass is 326 g/mol. The molecule has 0 unspecified atom stereocenters. The van der Waals surface area contributed by atoms with Gasteiger partial charge in [0.15, 0.2) is 0 Å². The Balaban J connectivity index is 1.45. The van der Waals surface area contributed by atoms with Crippen molar-refractivity contribution < 1.29 is 24.2 Å². The van der Waals surface area contributed by atoms with Crippen LogP contribution in [0.15, 0.2) is 0 Å². The molecule has 3 aliphatic rings. The zero-order valence-electron chi connectivity index (χ0n) is 13.3. The Labute approximate surface area is 136 Å². The molecule has 4 atom stereocenters. The van der Waals surface area contributed by atoms with Gasteiger partial charge in [0, 0.05) is 18.4 Å². The van der Waals surface area contributed by atoms with Gasteiger partial charge < -0.3 is 25.2 Å². The average Bonchev–Trinajstić information content (AvgIpc) is 3.09. The van der Waals surface area contributed by atoms with Crippen molar-refractivity contribution in [2.45, 2.75) is 69.2 Å². The van der Waals surface area contributed by atoms with Crippen LogP contribution in [0.1, 0.15) is 44.9 Å². The van der Waals surface area contributed by atoms with Gasteiger partial charge in [-0.25, -0.2) is 4.79 Å². The second kappa shape index (κ2) is 7.49. The van der Waals surface area contributed by atoms with Gasteiger partial charge in [0.2, 0.25) is 0 Å². The van der Waals surface area contributed by atoms with Gasteiger partial charge in [0.25, 0.3) is 0 Å². The van der Waals surface area contributed by atoms with Crippen LogP contribution in [0.25, 0.3) is 0 Å². The number of nitrogens with one attached hydrogen (secondary N) is 2. The van der Waals surface area contributed by atoms with Gasteiger partial charge in [-0.3, -0.25) is 4.79 Å². The average molecular weight is 326 g/mol. The summed E-state index contributed by atoms with van der Waals surface area (Å²) < 4.78 is 11.5. The first kappa shape index (κ1) is 16.5. The Hall–Kier alpha value is -1.34. The van der Waals surface area contributed by atoms with Gasteiger partial charge >= 0.3 is 12.0 Å². The lowest BCUT2D eigenvalue weighted by molar-refractivity contribution is -0.137. The third kappa shape index (κ3) is 4.14. The first-order valence-electron chi connectivity index (χ1n) is 8.65. The minimum Gasteiger partial charge on any atom is -0.481 e. The van der Waals surface area contributed by atoms with E-state index >= 15 is 0 Å². The number of carboxylic acid groups (broad SMARTS) is 1. The van der Waals surface area contributed by atoms with Gasteiger partial charge in [-0.05, 0) is 19.3 Å². The van der Waals surface area contributed by atoms with Gasteiger partial charge in [-0.2, -0.15) is 0 Å². The predicted molar refractivity (Wildman–Crippen MR) is 82.2 cm³/mol. The van der Waals surface area contributed by atoms with Crippen molar-refractivity contribution in [2.75, 3.05) is 13.2 Å². The number of aliphatic carboxylic acids is 1. The number of hydrogen-bond acceptors (Lipinski definition) is 4. The van der Waals surface area contributed by atoms with Crippen LogP contribution < -0.4 is 10.6 Å². The van der Waals surface area contributed by atoms with E-state index in [0.717, 1.165) is 12.8 Å². The van der Waals surface area contributed by atoms with Crippen LogP contribution in [0.3, 0.4) is 0 Å². The Morgan fingerprint density at radius 1 is 1.00 bits per heavy atom. The summed E-state index contributed by atoms with van der Waals surface area (Å²) in [6, 6.07) is -0.0307. The van der Waals surface area contributed by atoms with E-state index in [1.54, 1.807) is 0 Å². The molecular weight excluding hydrogens is 300 g/mol. The fourth-order valence-electron chi connectivity index (χ4n) is 3.90. The van der Waals surface area contributed by atoms with Crippen LogP contribution in [0.2, 0.25) is 0 Å². The normalized spacial score (nSPS) is 34.1. The van der Waals surface area contributed by atoms with Crippen molar-refractivity contribution in [1.82, 2.24) is 10.6 Å². The van der Waals surface area contributed by atoms with Crippen molar-refractivity contribution >= 4 is 12.0 Å². The van der Waals surface area contributed by atoms with E-state index in [1.165, 1.54) is 19.3 Å². The summed E-state index contributed by atoms with van der Waals surface area (Å²) >= 11 is 0. The molecule has 2 heterocycles. The minimum absolute atomic E-state index is 0.101. The molecule has 3 rings (SSSR count). The standard InChI is InChI=1S/C16H26N2O5/c19-13(20)7-6-10-8-22-15-12(9-23-14(10)15)18-16(21)17-11-4-2-1-3-5-11/h10-12,14-15H,1-9H2,(H,19,20)(H2,17,18,21)/t10-,12-,14+,15+/m0/s1. The molecule has 130 valence electrons. The third-order valence-corrected chi connectivity index (χ3v) is 5.14. The molecule has 7 nitrogen and oxygen atoms in total. The van der Waals surface area contributed by atoms with E-state index in [9.17, 15) is 9.59 Å². The molecule has 1 saturated carbocycles. The van der Waals surface area contributed by atoms with Crippen LogP contribution in [0.4, 0.5) is 4.79 Å². The van der Waals surface area contributed by atoms with Crippen LogP contribution in [-0.2, 0) is 14.3 Å². The van der Waals surface area contributed by atoms with Crippen LogP contribution in [0, 0.1) is 5.92 Å². The summed E-state index contributed by atoms with van der Waals surface area (Å²) in [7, 11) is 0. The fraction of sp³-hybridized carbons (Fsp3) is 0.875. The number of rotatable bonds is 5. The molecule has 3 fully saturated rings. The minimum atomic E-state index is -0.798. The quantitative estimate of drug-likeness (QED) is 0.707. The largest absolute Gasteiger partial charge is 0.481 e. The molecule has 0 radical (unpaired) electrons. The molecule has 0 spiro atoms. The van der Waals surface area contributed by atoms with E-state index in [0.29, 0.717) is 19.6 Å². The molecule has 0 aromatic carbocycles. The Morgan fingerprint density at radius 2 is 1.74 bits per heavy atom. The molecule has 1 aliphatic carbocycles. The highest BCUT2D eigenvalue weighted by atomic mass is 16.6. The summed E-state index contributed by atoms with van der Waals surface area (Å²) in [4.78, 5) is 22.8. The zero-order chi connectivity index (χ0) is 16.2. The van der Waals surface area contributed by atoms with Gasteiger partial charge in [0.1, 0.15) is 6.10 Å². The van der Waals surface area contributed by atoms with Crippen molar-refractivity contribution in [3.05, 3.63) is 0 Å². The SMILES string of the molecule is O=C(O)CC[C@H]1CO[C@H]2[C@@H]1OC[C@@H]2NC(=O)NC1CCCCC1. The van der Waals surface area contributed by atoms with Crippen molar-refractivity contribution in [2.24, 2.45) is 5.92 Å². The molecule has 3 N–H and O–H groups in total. The highest BCUT2D eigenvalue weighted by Gasteiger charge is 2.47. The number of fused-ring (bicyclic) bond motifs is 1. The Morgan fingerprint density at radius 3 is 2.48 bits per heavy atom. The van der Waals surface area contributed by atoms with Gasteiger partial charge in [0.05, 0.1) is 25.4 Å². The number of hydrogen-bond donors (Lipinski definition) is 3. The molecule has 0 aromatic rings. The summed E-state index contributed by atoms with van der Waals surface area (Å²) in [6.07, 6.45) is 6.13. The maximum absolute atomic E-state index is 12.1. The fourth-order valence-corrected chi connectivity index (χ4v) is 3.90. The summed E-state index contributed by atoms with van der Waals surface area (Å²) in [5.74, 6) is -0.697. The third-order valence-electron chi connectivity index (χ3n) is 5.14. The van der Waals surface area contributed by atoms with Crippen LogP contribution in [0.5, 0.6) is 0 Å². The molecule has 0 bridgehead atoms. The molecular formula is C16H26N2O5.